The van der Waals surface area contributed by atoms with Crippen LogP contribution in [0.1, 0.15) is 74.7 Å². The Hall–Kier alpha value is -0.690. The van der Waals surface area contributed by atoms with Gasteiger partial charge in [0, 0.05) is 54.3 Å². The summed E-state index contributed by atoms with van der Waals surface area (Å²) in [5.41, 5.74) is 3.65. The maximum Gasteiger partial charge on any atom is 0.221 e. The normalized spacial score (nSPS) is 27.8. The summed E-state index contributed by atoms with van der Waals surface area (Å²) in [6, 6.07) is 0.237. The summed E-state index contributed by atoms with van der Waals surface area (Å²) in [4.78, 5) is 12.5. The molecule has 0 aromatic rings. The molecule has 6 nitrogen and oxygen atoms in total. The lowest BCUT2D eigenvalue weighted by molar-refractivity contribution is -0.123. The summed E-state index contributed by atoms with van der Waals surface area (Å²) < 4.78 is 0. The van der Waals surface area contributed by atoms with E-state index in [2.05, 4.69) is 81.8 Å². The predicted octanol–water partition coefficient (Wildman–Crippen LogP) is 1.77. The van der Waals surface area contributed by atoms with Crippen molar-refractivity contribution in [2.75, 3.05) is 19.6 Å². The van der Waals surface area contributed by atoms with Crippen molar-refractivity contribution in [3.05, 3.63) is 0 Å². The van der Waals surface area contributed by atoms with Crippen LogP contribution in [0.4, 0.5) is 0 Å². The van der Waals surface area contributed by atoms with Gasteiger partial charge in [-0.2, -0.15) is 0 Å². The Balaban J connectivity index is 1.83. The van der Waals surface area contributed by atoms with Crippen LogP contribution in [0.5, 0.6) is 0 Å². The van der Waals surface area contributed by atoms with Crippen molar-refractivity contribution in [1.29, 1.82) is 0 Å². The summed E-state index contributed by atoms with van der Waals surface area (Å²) in [7, 11) is 0. The average Bonchev–Trinajstić information content (AvgIpc) is 2.37. The van der Waals surface area contributed by atoms with Gasteiger partial charge < -0.3 is 16.0 Å². The van der Waals surface area contributed by atoms with E-state index in [1.165, 1.54) is 0 Å². The van der Waals surface area contributed by atoms with Gasteiger partial charge in [0.2, 0.25) is 5.91 Å². The molecule has 0 aromatic carbocycles. The van der Waals surface area contributed by atoms with Crippen LogP contribution < -0.4 is 21.4 Å². The molecule has 2 aliphatic rings. The van der Waals surface area contributed by atoms with Gasteiger partial charge in [-0.05, 0) is 68.2 Å². The van der Waals surface area contributed by atoms with Crippen LogP contribution in [0.3, 0.4) is 0 Å². The number of rotatable bonds is 5. The SMILES string of the molecule is CC1(C)CC(NC(=O)CCNN2C(C)(C)CNCC2(C)C)CC(C)(C)N1. The molecule has 152 valence electrons. The Kier molecular flexibility index (Phi) is 6.13. The predicted molar refractivity (Wildman–Crippen MR) is 108 cm³/mol. The second-order valence-electron chi connectivity index (χ2n) is 10.8. The molecule has 0 bridgehead atoms. The number of hydrogen-bond donors (Lipinski definition) is 4. The molecule has 0 unspecified atom stereocenters. The minimum Gasteiger partial charge on any atom is -0.353 e. The quantitative estimate of drug-likeness (QED) is 0.596. The summed E-state index contributed by atoms with van der Waals surface area (Å²) in [5.74, 6) is 0.141. The first-order valence-corrected chi connectivity index (χ1v) is 10.1. The van der Waals surface area contributed by atoms with Crippen LogP contribution in [0.2, 0.25) is 0 Å². The molecule has 2 heterocycles. The maximum absolute atomic E-state index is 12.5. The van der Waals surface area contributed by atoms with Gasteiger partial charge in [-0.25, -0.2) is 5.01 Å². The van der Waals surface area contributed by atoms with Gasteiger partial charge in [-0.15, -0.1) is 0 Å². The van der Waals surface area contributed by atoms with E-state index in [9.17, 15) is 4.79 Å². The van der Waals surface area contributed by atoms with E-state index in [0.29, 0.717) is 13.0 Å². The number of nitrogens with zero attached hydrogens (tertiary/aromatic N) is 1. The standard InChI is InChI=1S/C20H41N5O/c1-17(2)11-15(12-18(3,4)24-17)23-16(26)9-10-22-25-19(5,6)13-21-14-20(25,7)8/h15,21-22,24H,9-14H2,1-8H3,(H,23,26). The summed E-state index contributed by atoms with van der Waals surface area (Å²) in [5, 5.41) is 12.7. The Morgan fingerprint density at radius 1 is 0.962 bits per heavy atom. The highest BCUT2D eigenvalue weighted by Crippen LogP contribution is 2.28. The summed E-state index contributed by atoms with van der Waals surface area (Å²) >= 11 is 0. The Labute approximate surface area is 160 Å². The van der Waals surface area contributed by atoms with Gasteiger partial charge in [-0.3, -0.25) is 10.2 Å². The van der Waals surface area contributed by atoms with Gasteiger partial charge in [-0.1, -0.05) is 0 Å². The van der Waals surface area contributed by atoms with Crippen molar-refractivity contribution in [3.63, 3.8) is 0 Å². The fraction of sp³-hybridized carbons (Fsp3) is 0.950. The summed E-state index contributed by atoms with van der Waals surface area (Å²) in [6.07, 6.45) is 2.43. The van der Waals surface area contributed by atoms with E-state index in [-0.39, 0.29) is 34.1 Å². The van der Waals surface area contributed by atoms with Crippen LogP contribution in [-0.4, -0.2) is 58.7 Å². The number of carbonyl (C=O) groups is 1. The fourth-order valence-corrected chi connectivity index (χ4v) is 5.09. The van der Waals surface area contributed by atoms with E-state index in [4.69, 9.17) is 0 Å². The molecule has 6 heteroatoms. The van der Waals surface area contributed by atoms with Gasteiger partial charge in [0.05, 0.1) is 0 Å². The number of hydrogen-bond acceptors (Lipinski definition) is 5. The molecule has 0 atom stereocenters. The fourth-order valence-electron chi connectivity index (χ4n) is 5.09. The van der Waals surface area contributed by atoms with Crippen molar-refractivity contribution in [2.24, 2.45) is 0 Å². The minimum absolute atomic E-state index is 0.0152. The molecule has 2 saturated heterocycles. The number of amides is 1. The van der Waals surface area contributed by atoms with E-state index < -0.39 is 0 Å². The van der Waals surface area contributed by atoms with Crippen LogP contribution in [0.15, 0.2) is 0 Å². The monoisotopic (exact) mass is 367 g/mol. The molecular formula is C20H41N5O. The smallest absolute Gasteiger partial charge is 0.221 e. The largest absolute Gasteiger partial charge is 0.353 e. The Morgan fingerprint density at radius 2 is 1.46 bits per heavy atom. The zero-order valence-electron chi connectivity index (χ0n) is 18.2. The van der Waals surface area contributed by atoms with Crippen LogP contribution in [0.25, 0.3) is 0 Å². The van der Waals surface area contributed by atoms with Gasteiger partial charge in [0.15, 0.2) is 0 Å². The highest BCUT2D eigenvalue weighted by Gasteiger charge is 2.41. The third-order valence-electron chi connectivity index (χ3n) is 5.50. The molecule has 0 radical (unpaired) electrons. The maximum atomic E-state index is 12.5. The molecule has 0 saturated carbocycles. The minimum atomic E-state index is 0.0152. The van der Waals surface area contributed by atoms with Crippen molar-refractivity contribution >= 4 is 5.91 Å². The van der Waals surface area contributed by atoms with Gasteiger partial charge >= 0.3 is 0 Å². The number of piperazine rings is 1. The zero-order chi connectivity index (χ0) is 19.8. The zero-order valence-corrected chi connectivity index (χ0v) is 18.2. The van der Waals surface area contributed by atoms with E-state index in [1.54, 1.807) is 0 Å². The summed E-state index contributed by atoms with van der Waals surface area (Å²) in [6.45, 7) is 20.3. The van der Waals surface area contributed by atoms with Crippen molar-refractivity contribution in [3.8, 4) is 0 Å². The second kappa shape index (κ2) is 7.38. The first-order chi connectivity index (χ1) is 11.7. The molecule has 4 N–H and O–H groups in total. The molecule has 2 rings (SSSR count). The number of piperidine rings is 1. The lowest BCUT2D eigenvalue weighted by Crippen LogP contribution is -2.71. The lowest BCUT2D eigenvalue weighted by atomic mass is 9.79. The first kappa shape index (κ1) is 21.6. The molecule has 2 aliphatic heterocycles. The van der Waals surface area contributed by atoms with Gasteiger partial charge in [0.25, 0.3) is 0 Å². The molecule has 0 aromatic heterocycles. The van der Waals surface area contributed by atoms with Crippen molar-refractivity contribution < 1.29 is 4.79 Å². The molecule has 2 fully saturated rings. The van der Waals surface area contributed by atoms with Crippen LogP contribution in [0, 0.1) is 0 Å². The van der Waals surface area contributed by atoms with Crippen LogP contribution in [-0.2, 0) is 4.79 Å². The van der Waals surface area contributed by atoms with E-state index in [1.807, 2.05) is 0 Å². The third-order valence-corrected chi connectivity index (χ3v) is 5.50. The highest BCUT2D eigenvalue weighted by molar-refractivity contribution is 5.76. The number of carbonyl (C=O) groups excluding carboxylic acids is 1. The molecule has 26 heavy (non-hydrogen) atoms. The lowest BCUT2D eigenvalue weighted by Gasteiger charge is -2.52. The molecule has 0 spiro atoms. The van der Waals surface area contributed by atoms with Gasteiger partial charge in [0.1, 0.15) is 0 Å². The third kappa shape index (κ3) is 5.65. The van der Waals surface area contributed by atoms with Crippen molar-refractivity contribution in [1.82, 2.24) is 26.4 Å². The van der Waals surface area contributed by atoms with Crippen molar-refractivity contribution in [2.45, 2.75) is 103 Å². The molecule has 1 amide bonds. The number of hydrazine groups is 1. The molecular weight excluding hydrogens is 326 g/mol. The van der Waals surface area contributed by atoms with E-state index >= 15 is 0 Å². The van der Waals surface area contributed by atoms with E-state index in [0.717, 1.165) is 25.9 Å². The molecule has 0 aliphatic carbocycles. The Bertz CT molecular complexity index is 480. The first-order valence-electron chi connectivity index (χ1n) is 10.1. The average molecular weight is 368 g/mol. The Morgan fingerprint density at radius 3 is 1.96 bits per heavy atom. The van der Waals surface area contributed by atoms with Crippen LogP contribution >= 0.6 is 0 Å². The number of nitrogens with one attached hydrogen (secondary N) is 4. The second-order valence-corrected chi connectivity index (χ2v) is 10.8. The highest BCUT2D eigenvalue weighted by atomic mass is 16.1. The topological polar surface area (TPSA) is 68.4 Å².